The molecule has 1 saturated heterocycles. The minimum absolute atomic E-state index is 0.143. The molecule has 98 valence electrons. The van der Waals surface area contributed by atoms with Crippen LogP contribution in [0.4, 0.5) is 4.39 Å². The Morgan fingerprint density at radius 2 is 2.33 bits per heavy atom. The minimum Gasteiger partial charge on any atom is -0.350 e. The van der Waals surface area contributed by atoms with Crippen LogP contribution in [0, 0.1) is 5.82 Å². The van der Waals surface area contributed by atoms with Crippen molar-refractivity contribution < 1.29 is 9.18 Å². The second-order valence-corrected chi connectivity index (χ2v) is 4.89. The van der Waals surface area contributed by atoms with E-state index >= 15 is 0 Å². The van der Waals surface area contributed by atoms with Crippen molar-refractivity contribution in [2.75, 3.05) is 13.1 Å². The lowest BCUT2D eigenvalue weighted by atomic mass is 10.1. The first-order valence-electron chi connectivity index (χ1n) is 6.13. The maximum Gasteiger partial charge on any atom is 0.252 e. The predicted octanol–water partition coefficient (Wildman–Crippen LogP) is 2.35. The number of carbonyl (C=O) groups excluding carboxylic acids is 1. The van der Waals surface area contributed by atoms with Crippen LogP contribution in [0.25, 0.3) is 0 Å². The Kier molecular flexibility index (Phi) is 4.55. The number of halogens is 2. The van der Waals surface area contributed by atoms with Crippen LogP contribution in [0.3, 0.4) is 0 Å². The fourth-order valence-electron chi connectivity index (χ4n) is 2.08. The molecule has 0 radical (unpaired) electrons. The molecule has 0 saturated carbocycles. The normalized spacial score (nSPS) is 19.6. The summed E-state index contributed by atoms with van der Waals surface area (Å²) >= 11 is 5.83. The molecule has 2 rings (SSSR count). The molecule has 1 unspecified atom stereocenters. The summed E-state index contributed by atoms with van der Waals surface area (Å²) in [5.41, 5.74) is 0.314. The molecule has 0 spiro atoms. The van der Waals surface area contributed by atoms with Crippen molar-refractivity contribution >= 4 is 17.5 Å². The molecule has 0 aromatic heterocycles. The number of hydrogen-bond donors (Lipinski definition) is 2. The van der Waals surface area contributed by atoms with Crippen LogP contribution in [-0.2, 0) is 0 Å². The van der Waals surface area contributed by atoms with E-state index in [1.807, 2.05) is 0 Å². The van der Waals surface area contributed by atoms with Crippen LogP contribution in [0.2, 0.25) is 5.02 Å². The van der Waals surface area contributed by atoms with E-state index in [2.05, 4.69) is 10.6 Å². The summed E-state index contributed by atoms with van der Waals surface area (Å²) in [5.74, 6) is -0.696. The summed E-state index contributed by atoms with van der Waals surface area (Å²) in [6, 6.07) is 4.11. The third kappa shape index (κ3) is 3.43. The lowest BCUT2D eigenvalue weighted by molar-refractivity contribution is 0.0948. The molecule has 2 N–H and O–H groups in total. The SMILES string of the molecule is O=C(NCC1CCCCN1)c1ccc(F)cc1Cl. The first-order valence-corrected chi connectivity index (χ1v) is 6.51. The van der Waals surface area contributed by atoms with Gasteiger partial charge >= 0.3 is 0 Å². The second kappa shape index (κ2) is 6.16. The number of carbonyl (C=O) groups is 1. The van der Waals surface area contributed by atoms with E-state index in [0.29, 0.717) is 18.2 Å². The Morgan fingerprint density at radius 1 is 1.50 bits per heavy atom. The zero-order chi connectivity index (χ0) is 13.0. The van der Waals surface area contributed by atoms with Gasteiger partial charge in [-0.05, 0) is 37.6 Å². The van der Waals surface area contributed by atoms with Crippen molar-refractivity contribution in [3.8, 4) is 0 Å². The topological polar surface area (TPSA) is 41.1 Å². The van der Waals surface area contributed by atoms with Crippen LogP contribution in [0.5, 0.6) is 0 Å². The number of rotatable bonds is 3. The minimum atomic E-state index is -0.439. The molecule has 3 nitrogen and oxygen atoms in total. The third-order valence-electron chi connectivity index (χ3n) is 3.10. The average Bonchev–Trinajstić information content (AvgIpc) is 2.37. The van der Waals surface area contributed by atoms with Crippen LogP contribution in [-0.4, -0.2) is 25.0 Å². The Balaban J connectivity index is 1.90. The molecular formula is C13H16ClFN2O. The lowest BCUT2D eigenvalue weighted by Crippen LogP contribution is -2.43. The summed E-state index contributed by atoms with van der Waals surface area (Å²) in [5, 5.41) is 6.31. The van der Waals surface area contributed by atoms with E-state index < -0.39 is 5.82 Å². The van der Waals surface area contributed by atoms with Gasteiger partial charge in [-0.3, -0.25) is 4.79 Å². The number of hydrogen-bond acceptors (Lipinski definition) is 2. The summed E-state index contributed by atoms with van der Waals surface area (Å²) < 4.78 is 12.9. The molecule has 1 aromatic carbocycles. The first kappa shape index (κ1) is 13.3. The molecular weight excluding hydrogens is 255 g/mol. The number of nitrogens with one attached hydrogen (secondary N) is 2. The van der Waals surface area contributed by atoms with E-state index in [1.54, 1.807) is 0 Å². The largest absolute Gasteiger partial charge is 0.350 e. The van der Waals surface area contributed by atoms with E-state index in [4.69, 9.17) is 11.6 Å². The lowest BCUT2D eigenvalue weighted by Gasteiger charge is -2.23. The van der Waals surface area contributed by atoms with Gasteiger partial charge in [-0.2, -0.15) is 0 Å². The maximum absolute atomic E-state index is 12.9. The molecule has 1 aliphatic heterocycles. The summed E-state index contributed by atoms with van der Waals surface area (Å²) in [6.07, 6.45) is 3.44. The Bertz CT molecular complexity index is 433. The van der Waals surface area contributed by atoms with E-state index in [9.17, 15) is 9.18 Å². The Morgan fingerprint density at radius 3 is 3.00 bits per heavy atom. The van der Waals surface area contributed by atoms with Crippen molar-refractivity contribution in [2.24, 2.45) is 0 Å². The van der Waals surface area contributed by atoms with Gasteiger partial charge in [0.2, 0.25) is 0 Å². The average molecular weight is 271 g/mol. The highest BCUT2D eigenvalue weighted by molar-refractivity contribution is 6.33. The molecule has 1 aliphatic rings. The molecule has 5 heteroatoms. The smallest absolute Gasteiger partial charge is 0.252 e. The van der Waals surface area contributed by atoms with Gasteiger partial charge in [0.25, 0.3) is 5.91 Å². The van der Waals surface area contributed by atoms with Gasteiger partial charge in [-0.25, -0.2) is 4.39 Å². The van der Waals surface area contributed by atoms with Crippen LogP contribution >= 0.6 is 11.6 Å². The van der Waals surface area contributed by atoms with Crippen LogP contribution in [0.15, 0.2) is 18.2 Å². The highest BCUT2D eigenvalue weighted by Gasteiger charge is 2.15. The maximum atomic E-state index is 12.9. The summed E-state index contributed by atoms with van der Waals surface area (Å²) in [7, 11) is 0. The summed E-state index contributed by atoms with van der Waals surface area (Å²) in [6.45, 7) is 1.57. The second-order valence-electron chi connectivity index (χ2n) is 4.48. The molecule has 1 aromatic rings. The molecule has 0 bridgehead atoms. The van der Waals surface area contributed by atoms with Gasteiger partial charge in [0.15, 0.2) is 0 Å². The quantitative estimate of drug-likeness (QED) is 0.885. The molecule has 0 aliphatic carbocycles. The molecule has 1 atom stereocenters. The Hall–Kier alpha value is -1.13. The van der Waals surface area contributed by atoms with Crippen molar-refractivity contribution in [3.63, 3.8) is 0 Å². The number of piperidine rings is 1. The van der Waals surface area contributed by atoms with Crippen LogP contribution in [0.1, 0.15) is 29.6 Å². The van der Waals surface area contributed by atoms with E-state index in [-0.39, 0.29) is 10.9 Å². The molecule has 1 amide bonds. The van der Waals surface area contributed by atoms with Gasteiger partial charge < -0.3 is 10.6 Å². The summed E-state index contributed by atoms with van der Waals surface area (Å²) in [4.78, 5) is 11.9. The number of amides is 1. The monoisotopic (exact) mass is 270 g/mol. The van der Waals surface area contributed by atoms with Gasteiger partial charge in [-0.15, -0.1) is 0 Å². The van der Waals surface area contributed by atoms with E-state index in [0.717, 1.165) is 19.0 Å². The fraction of sp³-hybridized carbons (Fsp3) is 0.462. The highest BCUT2D eigenvalue weighted by atomic mass is 35.5. The molecule has 1 heterocycles. The molecule has 1 fully saturated rings. The van der Waals surface area contributed by atoms with Gasteiger partial charge in [-0.1, -0.05) is 18.0 Å². The van der Waals surface area contributed by atoms with Gasteiger partial charge in [0.1, 0.15) is 5.82 Å². The van der Waals surface area contributed by atoms with E-state index in [1.165, 1.54) is 25.0 Å². The Labute approximate surface area is 111 Å². The standard InChI is InChI=1S/C13H16ClFN2O/c14-12-7-9(15)4-5-11(12)13(18)17-8-10-3-1-2-6-16-10/h4-5,7,10,16H,1-3,6,8H2,(H,17,18). The zero-order valence-electron chi connectivity index (χ0n) is 10.0. The van der Waals surface area contributed by atoms with Crippen molar-refractivity contribution in [1.82, 2.24) is 10.6 Å². The van der Waals surface area contributed by atoms with Crippen molar-refractivity contribution in [1.29, 1.82) is 0 Å². The first-order chi connectivity index (χ1) is 8.66. The van der Waals surface area contributed by atoms with Crippen molar-refractivity contribution in [2.45, 2.75) is 25.3 Å². The van der Waals surface area contributed by atoms with Crippen LogP contribution < -0.4 is 10.6 Å². The third-order valence-corrected chi connectivity index (χ3v) is 3.41. The van der Waals surface area contributed by atoms with Gasteiger partial charge in [0, 0.05) is 12.6 Å². The zero-order valence-corrected chi connectivity index (χ0v) is 10.8. The highest BCUT2D eigenvalue weighted by Crippen LogP contribution is 2.17. The van der Waals surface area contributed by atoms with Gasteiger partial charge in [0.05, 0.1) is 10.6 Å². The van der Waals surface area contributed by atoms with Crippen molar-refractivity contribution in [3.05, 3.63) is 34.6 Å². The number of benzene rings is 1. The predicted molar refractivity (Wildman–Crippen MR) is 69.4 cm³/mol. The fourth-order valence-corrected chi connectivity index (χ4v) is 2.34. The molecule has 18 heavy (non-hydrogen) atoms.